The van der Waals surface area contributed by atoms with E-state index in [1.165, 1.54) is 12.1 Å². The zero-order valence-electron chi connectivity index (χ0n) is 21.5. The summed E-state index contributed by atoms with van der Waals surface area (Å²) < 4.78 is 30.2. The molecule has 2 N–H and O–H groups in total. The summed E-state index contributed by atoms with van der Waals surface area (Å²) >= 11 is 0. The number of nitrogens with zero attached hydrogens (tertiary/aromatic N) is 4. The number of hydrogen-bond donors (Lipinski definition) is 2. The summed E-state index contributed by atoms with van der Waals surface area (Å²) in [5, 5.41) is 17.6. The predicted molar refractivity (Wildman–Crippen MR) is 145 cm³/mol. The number of fused-ring (bicyclic) bond motifs is 1. The van der Waals surface area contributed by atoms with Crippen LogP contribution in [-0.4, -0.2) is 57.8 Å². The quantitative estimate of drug-likeness (QED) is 0.368. The van der Waals surface area contributed by atoms with Crippen molar-refractivity contribution in [1.82, 2.24) is 19.8 Å². The second-order valence-electron chi connectivity index (χ2n) is 10.4. The van der Waals surface area contributed by atoms with Crippen molar-refractivity contribution in [3.8, 4) is 0 Å². The minimum Gasteiger partial charge on any atom is -0.392 e. The number of anilines is 1. The third-order valence-corrected chi connectivity index (χ3v) is 7.85. The Morgan fingerprint density at radius 3 is 2.72 bits per heavy atom. The van der Waals surface area contributed by atoms with Crippen molar-refractivity contribution in [2.45, 2.75) is 37.5 Å². The van der Waals surface area contributed by atoms with Crippen molar-refractivity contribution in [2.24, 2.45) is 0 Å². The van der Waals surface area contributed by atoms with E-state index in [4.69, 9.17) is 0 Å². The predicted octanol–water partition coefficient (Wildman–Crippen LogP) is 4.49. The van der Waals surface area contributed by atoms with Gasteiger partial charge in [-0.15, -0.1) is 0 Å². The molecule has 0 aliphatic carbocycles. The van der Waals surface area contributed by atoms with Crippen LogP contribution in [0, 0.1) is 11.6 Å². The standard InChI is InChI=1S/C30H31F2N5O2/c31-21-8-9-26(32)24(15-21)28-7-4-12-36(28)22-10-14-37-29(16-22)25(17-33-37)30(39)34-27(20-5-2-1-3-6-20)19-35-13-11-23(38)18-35/h1-3,5-6,8-10,14-17,23,27-28,38H,4,7,11-13,18-19H2,(H,34,39)/t23?,27-,28?/m1/s1. The molecule has 6 rings (SSSR count). The molecule has 0 saturated carbocycles. The molecule has 9 heteroatoms. The van der Waals surface area contributed by atoms with Crippen molar-refractivity contribution in [2.75, 3.05) is 31.1 Å². The van der Waals surface area contributed by atoms with E-state index in [0.29, 0.717) is 42.7 Å². The van der Waals surface area contributed by atoms with Gasteiger partial charge >= 0.3 is 0 Å². The molecule has 202 valence electrons. The van der Waals surface area contributed by atoms with Gasteiger partial charge in [0.15, 0.2) is 0 Å². The van der Waals surface area contributed by atoms with Crippen molar-refractivity contribution < 1.29 is 18.7 Å². The monoisotopic (exact) mass is 531 g/mol. The van der Waals surface area contributed by atoms with Crippen LogP contribution in [-0.2, 0) is 0 Å². The fourth-order valence-corrected chi connectivity index (χ4v) is 5.88. The normalized spacial score (nSPS) is 20.5. The van der Waals surface area contributed by atoms with Crippen molar-refractivity contribution in [3.63, 3.8) is 0 Å². The van der Waals surface area contributed by atoms with Crippen molar-refractivity contribution >= 4 is 17.1 Å². The van der Waals surface area contributed by atoms with E-state index in [1.54, 1.807) is 16.9 Å². The van der Waals surface area contributed by atoms with Crippen LogP contribution in [0.2, 0.25) is 0 Å². The minimum absolute atomic E-state index is 0.245. The van der Waals surface area contributed by atoms with Gasteiger partial charge in [0.1, 0.15) is 11.6 Å². The summed E-state index contributed by atoms with van der Waals surface area (Å²) in [4.78, 5) is 17.8. The Morgan fingerprint density at radius 1 is 1.08 bits per heavy atom. The highest BCUT2D eigenvalue weighted by atomic mass is 19.1. The first-order chi connectivity index (χ1) is 19.0. The fraction of sp³-hybridized carbons (Fsp3) is 0.333. The smallest absolute Gasteiger partial charge is 0.255 e. The SMILES string of the molecule is O=C(N[C@H](CN1CCC(O)C1)c1ccccc1)c1cnn2ccc(N3CCCC3c3cc(F)ccc3F)cc12. The lowest BCUT2D eigenvalue weighted by Crippen LogP contribution is -2.37. The number of carbonyl (C=O) groups excluding carboxylic acids is 1. The largest absolute Gasteiger partial charge is 0.392 e. The molecule has 0 spiro atoms. The zero-order valence-corrected chi connectivity index (χ0v) is 21.5. The van der Waals surface area contributed by atoms with Gasteiger partial charge in [-0.3, -0.25) is 9.69 Å². The van der Waals surface area contributed by atoms with Gasteiger partial charge in [0, 0.05) is 43.6 Å². The number of pyridine rings is 1. The molecule has 2 fully saturated rings. The second kappa shape index (κ2) is 10.7. The summed E-state index contributed by atoms with van der Waals surface area (Å²) in [7, 11) is 0. The van der Waals surface area contributed by atoms with Gasteiger partial charge < -0.3 is 15.3 Å². The molecule has 2 aliphatic heterocycles. The number of likely N-dealkylation sites (tertiary alicyclic amines) is 1. The number of aromatic nitrogens is 2. The molecular formula is C30H31F2N5O2. The van der Waals surface area contributed by atoms with Crippen LogP contribution in [0.25, 0.3) is 5.52 Å². The molecule has 4 heterocycles. The summed E-state index contributed by atoms with van der Waals surface area (Å²) in [6.07, 6.45) is 5.29. The molecule has 2 aromatic heterocycles. The number of hydrogen-bond acceptors (Lipinski definition) is 5. The lowest BCUT2D eigenvalue weighted by Gasteiger charge is -2.27. The number of amides is 1. The number of benzene rings is 2. The lowest BCUT2D eigenvalue weighted by atomic mass is 10.0. The molecule has 4 aromatic rings. The van der Waals surface area contributed by atoms with Crippen LogP contribution in [0.1, 0.15) is 52.8 Å². The van der Waals surface area contributed by atoms with E-state index in [0.717, 1.165) is 36.7 Å². The van der Waals surface area contributed by atoms with Gasteiger partial charge in [-0.25, -0.2) is 13.3 Å². The second-order valence-corrected chi connectivity index (χ2v) is 10.4. The molecule has 1 amide bonds. The minimum atomic E-state index is -0.458. The Kier molecular flexibility index (Phi) is 7.01. The highest BCUT2D eigenvalue weighted by Gasteiger charge is 2.30. The highest BCUT2D eigenvalue weighted by molar-refractivity contribution is 6.01. The molecule has 2 aromatic carbocycles. The van der Waals surface area contributed by atoms with Gasteiger partial charge in [0.05, 0.1) is 35.5 Å². The Hall–Kier alpha value is -3.82. The first-order valence-electron chi connectivity index (χ1n) is 13.4. The number of halogens is 2. The maximum Gasteiger partial charge on any atom is 0.255 e. The van der Waals surface area contributed by atoms with Gasteiger partial charge in [-0.1, -0.05) is 30.3 Å². The molecule has 3 atom stereocenters. The van der Waals surface area contributed by atoms with Crippen LogP contribution < -0.4 is 10.2 Å². The van der Waals surface area contributed by atoms with Crippen LogP contribution in [0.4, 0.5) is 14.5 Å². The molecule has 2 saturated heterocycles. The Balaban J connectivity index is 1.27. The van der Waals surface area contributed by atoms with E-state index in [-0.39, 0.29) is 24.1 Å². The van der Waals surface area contributed by atoms with Crippen molar-refractivity contribution in [1.29, 1.82) is 0 Å². The number of aliphatic hydroxyl groups is 1. The van der Waals surface area contributed by atoms with Crippen molar-refractivity contribution in [3.05, 3.63) is 101 Å². The Morgan fingerprint density at radius 2 is 1.92 bits per heavy atom. The average Bonchev–Trinajstić information content (AvgIpc) is 3.69. The average molecular weight is 532 g/mol. The van der Waals surface area contributed by atoms with Gasteiger partial charge in [-0.2, -0.15) is 5.10 Å². The van der Waals surface area contributed by atoms with E-state index in [9.17, 15) is 18.7 Å². The topological polar surface area (TPSA) is 73.1 Å². The zero-order chi connectivity index (χ0) is 26.9. The number of carbonyl (C=O) groups is 1. The molecule has 2 unspecified atom stereocenters. The fourth-order valence-electron chi connectivity index (χ4n) is 5.88. The summed E-state index contributed by atoms with van der Waals surface area (Å²) in [6, 6.07) is 16.6. The first-order valence-corrected chi connectivity index (χ1v) is 13.4. The summed E-state index contributed by atoms with van der Waals surface area (Å²) in [5.74, 6) is -1.12. The van der Waals surface area contributed by atoms with Crippen LogP contribution in [0.15, 0.2) is 73.1 Å². The Bertz CT molecular complexity index is 1480. The maximum atomic E-state index is 14.6. The summed E-state index contributed by atoms with van der Waals surface area (Å²) in [5.41, 5.74) is 3.23. The third-order valence-electron chi connectivity index (χ3n) is 7.85. The first kappa shape index (κ1) is 25.5. The number of nitrogens with one attached hydrogen (secondary N) is 1. The van der Waals surface area contributed by atoms with Gasteiger partial charge in [-0.05, 0) is 55.2 Å². The number of β-amino-alcohol motifs (C(OH)–C–C–N with tert-alkyl or cyclic N) is 1. The van der Waals surface area contributed by atoms with Crippen LogP contribution >= 0.6 is 0 Å². The highest BCUT2D eigenvalue weighted by Crippen LogP contribution is 2.38. The van der Waals surface area contributed by atoms with E-state index < -0.39 is 11.6 Å². The van der Waals surface area contributed by atoms with E-state index in [1.807, 2.05) is 42.5 Å². The van der Waals surface area contributed by atoms with Crippen LogP contribution in [0.3, 0.4) is 0 Å². The number of rotatable bonds is 7. The maximum absolute atomic E-state index is 14.6. The molecule has 2 aliphatic rings. The molecule has 39 heavy (non-hydrogen) atoms. The molecule has 0 radical (unpaired) electrons. The van der Waals surface area contributed by atoms with Gasteiger partial charge in [0.2, 0.25) is 0 Å². The molecular weight excluding hydrogens is 500 g/mol. The third kappa shape index (κ3) is 5.24. The van der Waals surface area contributed by atoms with E-state index in [2.05, 4.69) is 20.2 Å². The van der Waals surface area contributed by atoms with Crippen LogP contribution in [0.5, 0.6) is 0 Å². The molecule has 0 bridgehead atoms. The molecule has 7 nitrogen and oxygen atoms in total. The lowest BCUT2D eigenvalue weighted by molar-refractivity contribution is 0.0926. The number of aliphatic hydroxyl groups excluding tert-OH is 1. The van der Waals surface area contributed by atoms with E-state index >= 15 is 0 Å². The summed E-state index contributed by atoms with van der Waals surface area (Å²) in [6.45, 7) is 2.65. The Labute approximate surface area is 225 Å². The van der Waals surface area contributed by atoms with Gasteiger partial charge in [0.25, 0.3) is 5.91 Å².